The Morgan fingerprint density at radius 3 is 2.79 bits per heavy atom. The highest BCUT2D eigenvalue weighted by molar-refractivity contribution is 5.98. The molecule has 0 atom stereocenters. The van der Waals surface area contributed by atoms with Crippen LogP contribution in [0.15, 0.2) is 65.9 Å². The van der Waals surface area contributed by atoms with Crippen molar-refractivity contribution in [2.24, 2.45) is 4.99 Å². The minimum atomic E-state index is 0.762. The fraction of sp³-hybridized carbons (Fsp3) is 0.348. The van der Waals surface area contributed by atoms with Crippen molar-refractivity contribution in [3.63, 3.8) is 0 Å². The molecule has 0 radical (unpaired) electrons. The summed E-state index contributed by atoms with van der Waals surface area (Å²) in [5.74, 6) is 1.97. The lowest BCUT2D eigenvalue weighted by atomic mass is 10.2. The minimum absolute atomic E-state index is 0.762. The van der Waals surface area contributed by atoms with E-state index in [0.29, 0.717) is 0 Å². The van der Waals surface area contributed by atoms with E-state index in [-0.39, 0.29) is 0 Å². The van der Waals surface area contributed by atoms with Crippen LogP contribution in [0.4, 0.5) is 5.69 Å². The molecular formula is C23H28N6. The second kappa shape index (κ2) is 9.37. The summed E-state index contributed by atoms with van der Waals surface area (Å²) in [5.41, 5.74) is 3.96. The van der Waals surface area contributed by atoms with Crippen molar-refractivity contribution in [1.82, 2.24) is 20.1 Å². The molecule has 0 saturated heterocycles. The number of para-hydroxylation sites is 1. The van der Waals surface area contributed by atoms with Gasteiger partial charge in [0.15, 0.2) is 5.96 Å². The van der Waals surface area contributed by atoms with Crippen LogP contribution < -0.4 is 10.2 Å². The van der Waals surface area contributed by atoms with Crippen LogP contribution in [0.3, 0.4) is 0 Å². The molecule has 1 aliphatic rings. The maximum atomic E-state index is 4.95. The van der Waals surface area contributed by atoms with Crippen LogP contribution in [-0.2, 0) is 25.8 Å². The molecule has 4 rings (SSSR count). The fourth-order valence-electron chi connectivity index (χ4n) is 3.76. The highest BCUT2D eigenvalue weighted by Crippen LogP contribution is 2.27. The van der Waals surface area contributed by atoms with E-state index in [1.54, 1.807) is 6.33 Å². The number of hydrogen-bond acceptors (Lipinski definition) is 3. The van der Waals surface area contributed by atoms with Crippen LogP contribution in [0.1, 0.15) is 23.9 Å². The smallest absolute Gasteiger partial charge is 0.198 e. The average molecular weight is 389 g/mol. The van der Waals surface area contributed by atoms with E-state index < -0.39 is 0 Å². The van der Waals surface area contributed by atoms with Crippen LogP contribution >= 0.6 is 0 Å². The van der Waals surface area contributed by atoms with Crippen molar-refractivity contribution in [1.29, 1.82) is 0 Å². The molecule has 0 unspecified atom stereocenters. The monoisotopic (exact) mass is 388 g/mol. The zero-order valence-electron chi connectivity index (χ0n) is 17.0. The summed E-state index contributed by atoms with van der Waals surface area (Å²) < 4.78 is 2.10. The van der Waals surface area contributed by atoms with Crippen molar-refractivity contribution in [2.45, 2.75) is 32.7 Å². The van der Waals surface area contributed by atoms with E-state index in [1.165, 1.54) is 16.8 Å². The van der Waals surface area contributed by atoms with Gasteiger partial charge in [-0.25, -0.2) is 0 Å². The first-order valence-electron chi connectivity index (χ1n) is 10.4. The number of guanidine groups is 1. The van der Waals surface area contributed by atoms with Gasteiger partial charge >= 0.3 is 0 Å². The molecule has 2 heterocycles. The van der Waals surface area contributed by atoms with Gasteiger partial charge in [-0.3, -0.25) is 4.99 Å². The number of nitrogens with one attached hydrogen (secondary N) is 1. The first kappa shape index (κ1) is 19.2. The van der Waals surface area contributed by atoms with Crippen LogP contribution in [-0.4, -0.2) is 40.4 Å². The zero-order valence-corrected chi connectivity index (χ0v) is 17.0. The number of fused-ring (bicyclic) bond motifs is 1. The van der Waals surface area contributed by atoms with Gasteiger partial charge in [0.1, 0.15) is 12.2 Å². The molecule has 3 aromatic rings. The third-order valence-electron chi connectivity index (χ3n) is 5.30. The van der Waals surface area contributed by atoms with Crippen LogP contribution in [0.5, 0.6) is 0 Å². The van der Waals surface area contributed by atoms with E-state index >= 15 is 0 Å². The molecule has 0 spiro atoms. The number of aromatic nitrogens is 3. The van der Waals surface area contributed by atoms with Gasteiger partial charge in [-0.15, -0.1) is 10.2 Å². The molecule has 150 valence electrons. The van der Waals surface area contributed by atoms with Gasteiger partial charge in [0.25, 0.3) is 0 Å². The summed E-state index contributed by atoms with van der Waals surface area (Å²) in [5, 5.41) is 11.8. The molecule has 0 bridgehead atoms. The number of benzene rings is 2. The van der Waals surface area contributed by atoms with Crippen LogP contribution in [0.25, 0.3) is 0 Å². The summed E-state index contributed by atoms with van der Waals surface area (Å²) >= 11 is 0. The minimum Gasteiger partial charge on any atom is -0.354 e. The molecule has 0 fully saturated rings. The standard InChI is InChI=1S/C23H28N6/c1-2-22-27-26-18-28(22)17-15-25-23(24-14-12-19-8-4-3-5-9-19)29-16-13-20-10-6-7-11-21(20)29/h3-11,18H,2,12-17H2,1H3,(H,24,25). The predicted molar refractivity (Wildman–Crippen MR) is 117 cm³/mol. The molecule has 0 saturated carbocycles. The number of aliphatic imine (C=N–C) groups is 1. The first-order valence-corrected chi connectivity index (χ1v) is 10.4. The number of aryl methyl sites for hydroxylation is 1. The van der Waals surface area contributed by atoms with E-state index in [0.717, 1.165) is 57.2 Å². The Bertz CT molecular complexity index is 947. The van der Waals surface area contributed by atoms with Crippen molar-refractivity contribution >= 4 is 11.6 Å². The lowest BCUT2D eigenvalue weighted by Gasteiger charge is -2.23. The van der Waals surface area contributed by atoms with E-state index in [9.17, 15) is 0 Å². The Kier molecular flexibility index (Phi) is 6.19. The van der Waals surface area contributed by atoms with Crippen LogP contribution in [0.2, 0.25) is 0 Å². The lowest BCUT2D eigenvalue weighted by molar-refractivity contribution is 0.636. The van der Waals surface area contributed by atoms with E-state index in [2.05, 4.69) is 86.5 Å². The van der Waals surface area contributed by atoms with E-state index in [1.807, 2.05) is 0 Å². The summed E-state index contributed by atoms with van der Waals surface area (Å²) in [6.07, 6.45) is 4.68. The van der Waals surface area contributed by atoms with Gasteiger partial charge in [-0.05, 0) is 30.0 Å². The van der Waals surface area contributed by atoms with Crippen LogP contribution in [0, 0.1) is 0 Å². The number of nitrogens with zero attached hydrogens (tertiary/aromatic N) is 5. The SMILES string of the molecule is CCc1nncn1CCNC(=NCCc1ccccc1)N1CCc2ccccc21. The summed E-state index contributed by atoms with van der Waals surface area (Å²) in [6, 6.07) is 19.1. The molecule has 29 heavy (non-hydrogen) atoms. The number of anilines is 1. The normalized spacial score (nSPS) is 13.6. The van der Waals surface area contributed by atoms with Crippen molar-refractivity contribution in [3.8, 4) is 0 Å². The third-order valence-corrected chi connectivity index (χ3v) is 5.30. The second-order valence-electron chi connectivity index (χ2n) is 7.19. The summed E-state index contributed by atoms with van der Waals surface area (Å²) in [4.78, 5) is 7.26. The number of hydrogen-bond donors (Lipinski definition) is 1. The molecule has 1 N–H and O–H groups in total. The highest BCUT2D eigenvalue weighted by atomic mass is 15.3. The van der Waals surface area contributed by atoms with Gasteiger partial charge in [0, 0.05) is 38.3 Å². The molecule has 0 aliphatic carbocycles. The molecule has 6 heteroatoms. The van der Waals surface area contributed by atoms with Gasteiger partial charge in [-0.2, -0.15) is 0 Å². The molecule has 6 nitrogen and oxygen atoms in total. The molecule has 2 aromatic carbocycles. The number of rotatable bonds is 7. The van der Waals surface area contributed by atoms with Gasteiger partial charge in [0.05, 0.1) is 0 Å². The average Bonchev–Trinajstić information content (AvgIpc) is 3.40. The molecular weight excluding hydrogens is 360 g/mol. The summed E-state index contributed by atoms with van der Waals surface area (Å²) in [7, 11) is 0. The quantitative estimate of drug-likeness (QED) is 0.499. The Hall–Kier alpha value is -3.15. The van der Waals surface area contributed by atoms with Gasteiger partial charge < -0.3 is 14.8 Å². The van der Waals surface area contributed by atoms with Gasteiger partial charge in [-0.1, -0.05) is 55.5 Å². The maximum Gasteiger partial charge on any atom is 0.198 e. The van der Waals surface area contributed by atoms with Crippen molar-refractivity contribution in [2.75, 3.05) is 24.5 Å². The maximum absolute atomic E-state index is 4.95. The van der Waals surface area contributed by atoms with Crippen molar-refractivity contribution < 1.29 is 0 Å². The molecule has 1 aromatic heterocycles. The predicted octanol–water partition coefficient (Wildman–Crippen LogP) is 3.09. The van der Waals surface area contributed by atoms with Gasteiger partial charge in [0.2, 0.25) is 0 Å². The Morgan fingerprint density at radius 2 is 1.93 bits per heavy atom. The Morgan fingerprint density at radius 1 is 1.10 bits per heavy atom. The topological polar surface area (TPSA) is 58.3 Å². The lowest BCUT2D eigenvalue weighted by Crippen LogP contribution is -2.42. The summed E-state index contributed by atoms with van der Waals surface area (Å²) in [6.45, 7) is 5.43. The molecule has 1 aliphatic heterocycles. The third kappa shape index (κ3) is 4.65. The Balaban J connectivity index is 1.45. The second-order valence-corrected chi connectivity index (χ2v) is 7.19. The fourth-order valence-corrected chi connectivity index (χ4v) is 3.76. The largest absolute Gasteiger partial charge is 0.354 e. The van der Waals surface area contributed by atoms with E-state index in [4.69, 9.17) is 4.99 Å². The Labute approximate surface area is 172 Å². The highest BCUT2D eigenvalue weighted by Gasteiger charge is 2.22. The first-order chi connectivity index (χ1) is 14.3. The molecule has 0 amide bonds. The zero-order chi connectivity index (χ0) is 19.9. The van der Waals surface area contributed by atoms with Crippen molar-refractivity contribution in [3.05, 3.63) is 77.9 Å².